The van der Waals surface area contributed by atoms with E-state index in [4.69, 9.17) is 4.74 Å². The van der Waals surface area contributed by atoms with Gasteiger partial charge in [-0.2, -0.15) is 0 Å². The maximum Gasteiger partial charge on any atom is 1.00 e. The minimum atomic E-state index is -1.22. The van der Waals surface area contributed by atoms with Crippen molar-refractivity contribution in [1.29, 1.82) is 0 Å². The van der Waals surface area contributed by atoms with Gasteiger partial charge in [-0.15, -0.1) is 0 Å². The van der Waals surface area contributed by atoms with E-state index in [1.807, 2.05) is 6.92 Å². The molecule has 0 aliphatic carbocycles. The number of carboxylic acid groups (broad SMARTS) is 1. The van der Waals surface area contributed by atoms with Crippen LogP contribution in [0.1, 0.15) is 15.9 Å². The molecule has 3 nitrogen and oxygen atoms in total. The molecule has 1 aromatic rings. The molecule has 0 bridgehead atoms. The monoisotopic (exact) mass is 172 g/mol. The number of carbonyl (C=O) groups excluding carboxylic acids is 1. The van der Waals surface area contributed by atoms with Gasteiger partial charge in [-0.1, -0.05) is 6.07 Å². The fourth-order valence-electron chi connectivity index (χ4n) is 0.967. The first kappa shape index (κ1) is 12.1. The van der Waals surface area contributed by atoms with Gasteiger partial charge >= 0.3 is 18.9 Å². The first-order valence-electron chi connectivity index (χ1n) is 3.51. The number of hydrogen-bond donors (Lipinski definition) is 0. The first-order valence-corrected chi connectivity index (χ1v) is 3.51. The summed E-state index contributed by atoms with van der Waals surface area (Å²) < 4.78 is 4.87. The molecule has 0 saturated carbocycles. The molecule has 13 heavy (non-hydrogen) atoms. The molecule has 0 radical (unpaired) electrons. The van der Waals surface area contributed by atoms with Gasteiger partial charge in [0.2, 0.25) is 0 Å². The minimum absolute atomic E-state index is 0. The molecule has 4 heteroatoms. The van der Waals surface area contributed by atoms with Crippen molar-refractivity contribution in [2.75, 3.05) is 7.11 Å². The van der Waals surface area contributed by atoms with Crippen LogP contribution in [0.4, 0.5) is 0 Å². The van der Waals surface area contributed by atoms with Gasteiger partial charge < -0.3 is 14.6 Å². The fraction of sp³-hybridized carbons (Fsp3) is 0.222. The van der Waals surface area contributed by atoms with Crippen LogP contribution >= 0.6 is 0 Å². The van der Waals surface area contributed by atoms with Gasteiger partial charge in [0.05, 0.1) is 13.1 Å². The molecule has 1 aromatic carbocycles. The second-order valence-electron chi connectivity index (χ2n) is 2.49. The quantitative estimate of drug-likeness (QED) is 0.458. The Balaban J connectivity index is 0.00000144. The summed E-state index contributed by atoms with van der Waals surface area (Å²) in [4.78, 5) is 10.5. The largest absolute Gasteiger partial charge is 1.00 e. The third-order valence-electron chi connectivity index (χ3n) is 1.58. The van der Waals surface area contributed by atoms with Crippen LogP contribution in [0.15, 0.2) is 18.2 Å². The summed E-state index contributed by atoms with van der Waals surface area (Å²) in [5, 5.41) is 10.5. The van der Waals surface area contributed by atoms with E-state index in [2.05, 4.69) is 0 Å². The van der Waals surface area contributed by atoms with E-state index in [1.54, 1.807) is 12.1 Å². The molecular formula is C9H9LiO3. The van der Waals surface area contributed by atoms with Gasteiger partial charge in [-0.25, -0.2) is 0 Å². The van der Waals surface area contributed by atoms with E-state index in [1.165, 1.54) is 13.2 Å². The maximum absolute atomic E-state index is 10.5. The second-order valence-corrected chi connectivity index (χ2v) is 2.49. The molecule has 0 unspecified atom stereocenters. The van der Waals surface area contributed by atoms with Crippen molar-refractivity contribution < 1.29 is 33.5 Å². The molecule has 0 amide bonds. The Morgan fingerprint density at radius 2 is 2.08 bits per heavy atom. The molecule has 0 aliphatic rings. The van der Waals surface area contributed by atoms with Crippen molar-refractivity contribution >= 4 is 5.97 Å². The molecule has 1 rings (SSSR count). The summed E-state index contributed by atoms with van der Waals surface area (Å²) >= 11 is 0. The molecule has 0 atom stereocenters. The van der Waals surface area contributed by atoms with E-state index in [0.29, 0.717) is 5.75 Å². The Kier molecular flexibility index (Phi) is 4.61. The van der Waals surface area contributed by atoms with Crippen molar-refractivity contribution in [3.05, 3.63) is 29.3 Å². The third kappa shape index (κ3) is 2.80. The van der Waals surface area contributed by atoms with Crippen LogP contribution in [0.25, 0.3) is 0 Å². The number of benzene rings is 1. The molecule has 0 aromatic heterocycles. The van der Waals surface area contributed by atoms with Gasteiger partial charge in [0.25, 0.3) is 0 Å². The second kappa shape index (κ2) is 4.96. The van der Waals surface area contributed by atoms with E-state index >= 15 is 0 Å². The maximum atomic E-state index is 10.5. The van der Waals surface area contributed by atoms with Crippen molar-refractivity contribution in [1.82, 2.24) is 0 Å². The molecule has 0 saturated heterocycles. The Labute approximate surface area is 88.9 Å². The van der Waals surface area contributed by atoms with Crippen LogP contribution in [0.2, 0.25) is 0 Å². The smallest absolute Gasteiger partial charge is 0.545 e. The van der Waals surface area contributed by atoms with Crippen molar-refractivity contribution in [3.8, 4) is 5.75 Å². The van der Waals surface area contributed by atoms with Crippen molar-refractivity contribution in [2.24, 2.45) is 0 Å². The predicted molar refractivity (Wildman–Crippen MR) is 42.1 cm³/mol. The summed E-state index contributed by atoms with van der Waals surface area (Å²) in [5.74, 6) is -0.873. The summed E-state index contributed by atoms with van der Waals surface area (Å²) in [6.45, 7) is 1.86. The van der Waals surface area contributed by atoms with Crippen LogP contribution in [0.3, 0.4) is 0 Å². The molecule has 0 N–H and O–H groups in total. The number of aromatic carboxylic acids is 1. The van der Waals surface area contributed by atoms with E-state index in [-0.39, 0.29) is 24.4 Å². The Morgan fingerprint density at radius 3 is 2.54 bits per heavy atom. The predicted octanol–water partition coefficient (Wildman–Crippen LogP) is -2.63. The van der Waals surface area contributed by atoms with Crippen LogP contribution in [0.5, 0.6) is 5.75 Å². The van der Waals surface area contributed by atoms with Gasteiger partial charge in [0, 0.05) is 5.56 Å². The summed E-state index contributed by atoms with van der Waals surface area (Å²) in [7, 11) is 1.43. The van der Waals surface area contributed by atoms with E-state index in [0.717, 1.165) is 5.56 Å². The number of ether oxygens (including phenoxy) is 1. The van der Waals surface area contributed by atoms with Gasteiger partial charge in [0.1, 0.15) is 5.75 Å². The van der Waals surface area contributed by atoms with Crippen LogP contribution in [0, 0.1) is 6.92 Å². The van der Waals surface area contributed by atoms with Crippen molar-refractivity contribution in [2.45, 2.75) is 6.92 Å². The molecule has 0 spiro atoms. The van der Waals surface area contributed by atoms with Gasteiger partial charge in [-0.3, -0.25) is 0 Å². The van der Waals surface area contributed by atoms with Gasteiger partial charge in [-0.05, 0) is 24.6 Å². The summed E-state index contributed by atoms with van der Waals surface area (Å²) in [6.07, 6.45) is 0. The number of carbonyl (C=O) groups is 1. The number of hydrogen-bond acceptors (Lipinski definition) is 3. The summed E-state index contributed by atoms with van der Waals surface area (Å²) in [5.41, 5.74) is 1.04. The Bertz CT molecular complexity index is 310. The zero-order valence-electron chi connectivity index (χ0n) is 7.96. The molecule has 0 fully saturated rings. The average molecular weight is 172 g/mol. The van der Waals surface area contributed by atoms with Crippen LogP contribution in [-0.2, 0) is 0 Å². The topological polar surface area (TPSA) is 49.4 Å². The van der Waals surface area contributed by atoms with Crippen LogP contribution in [-0.4, -0.2) is 13.1 Å². The molecule has 64 valence electrons. The Morgan fingerprint density at radius 1 is 1.46 bits per heavy atom. The average Bonchev–Trinajstić information content (AvgIpc) is 2.03. The zero-order chi connectivity index (χ0) is 9.14. The fourth-order valence-corrected chi connectivity index (χ4v) is 0.967. The van der Waals surface area contributed by atoms with Crippen molar-refractivity contribution in [3.63, 3.8) is 0 Å². The standard InChI is InChI=1S/C9H10O3.Li/c1-6-3-4-7(9(10)11)8(5-6)12-2;/h3-5H,1-2H3,(H,10,11);/q;+1/p-1. The molecule has 0 aliphatic heterocycles. The SMILES string of the molecule is COc1cc(C)ccc1C(=O)[O-].[Li+]. The van der Waals surface area contributed by atoms with Gasteiger partial charge in [0.15, 0.2) is 0 Å². The molecule has 0 heterocycles. The first-order chi connectivity index (χ1) is 5.65. The van der Waals surface area contributed by atoms with Crippen LogP contribution < -0.4 is 28.7 Å². The molecular weight excluding hydrogens is 163 g/mol. The third-order valence-corrected chi connectivity index (χ3v) is 1.58. The summed E-state index contributed by atoms with van der Waals surface area (Å²) in [6, 6.07) is 4.84. The number of rotatable bonds is 2. The number of aryl methyl sites for hydroxylation is 1. The number of methoxy groups -OCH3 is 1. The zero-order valence-corrected chi connectivity index (χ0v) is 7.96. The Hall–Kier alpha value is -0.913. The number of carboxylic acids is 1. The normalized spacial score (nSPS) is 8.77. The van der Waals surface area contributed by atoms with E-state index in [9.17, 15) is 9.90 Å². The minimum Gasteiger partial charge on any atom is -0.545 e. The van der Waals surface area contributed by atoms with E-state index < -0.39 is 5.97 Å².